The van der Waals surface area contributed by atoms with Crippen LogP contribution in [0.4, 0.5) is 0 Å². The van der Waals surface area contributed by atoms with Crippen molar-refractivity contribution < 1.29 is 0 Å². The first-order chi connectivity index (χ1) is 38.1. The second kappa shape index (κ2) is 17.8. The van der Waals surface area contributed by atoms with E-state index in [-0.39, 0.29) is 0 Å². The van der Waals surface area contributed by atoms with E-state index in [9.17, 15) is 0 Å². The topological polar surface area (TPSA) is 58.4 Å². The number of hydrogen-bond donors (Lipinski definition) is 0. The van der Waals surface area contributed by atoms with Gasteiger partial charge in [0.05, 0.1) is 33.1 Å². The smallest absolute Gasteiger partial charge is 0.164 e. The van der Waals surface area contributed by atoms with Crippen LogP contribution in [0.25, 0.3) is 134 Å². The summed E-state index contributed by atoms with van der Waals surface area (Å²) in [6.07, 6.45) is 12.6. The monoisotopic (exact) mass is 987 g/mol. The van der Waals surface area contributed by atoms with E-state index in [4.69, 9.17) is 15.0 Å². The molecule has 15 rings (SSSR count). The summed E-state index contributed by atoms with van der Waals surface area (Å²) in [6, 6.07) is 76.2. The highest BCUT2D eigenvalue weighted by atomic mass is 15.1. The minimum Gasteiger partial charge on any atom is -0.313 e. The lowest BCUT2D eigenvalue weighted by atomic mass is 10.0. The van der Waals surface area contributed by atoms with E-state index < -0.39 is 0 Å². The zero-order valence-electron chi connectivity index (χ0n) is 42.3. The molecule has 5 heterocycles. The minimum atomic E-state index is 0.564. The lowest BCUT2D eigenvalue weighted by Crippen LogP contribution is -2.06. The molecular formula is C70H49N7. The molecule has 0 saturated carbocycles. The molecule has 0 unspecified atom stereocenters. The SMILES string of the molecule is C=C/C=C\c1c(C)n(-c2cc(-c3nc(-c4ccccc4)nc(-c4cc(-n5c6c(c7ccccc75)CCC=C6)cc(-n5c6ccccc6c6ccccc65)c4)n3)cc(-n3c4ccccc4c4ccccc43)c2)c2ccccc12. The second-order valence-electron chi connectivity index (χ2n) is 20.0. The highest BCUT2D eigenvalue weighted by Gasteiger charge is 2.24. The van der Waals surface area contributed by atoms with Crippen LogP contribution in [-0.4, -0.2) is 33.2 Å². The number of allylic oxidation sites excluding steroid dienone is 3. The van der Waals surface area contributed by atoms with Crippen molar-refractivity contribution >= 4 is 77.6 Å². The molecule has 1 aliphatic rings. The van der Waals surface area contributed by atoms with Crippen LogP contribution in [0.1, 0.15) is 28.9 Å². The van der Waals surface area contributed by atoms with Crippen molar-refractivity contribution in [3.8, 4) is 56.9 Å². The van der Waals surface area contributed by atoms with Crippen molar-refractivity contribution in [2.45, 2.75) is 19.8 Å². The summed E-state index contributed by atoms with van der Waals surface area (Å²) in [6.45, 7) is 6.21. The van der Waals surface area contributed by atoms with Gasteiger partial charge in [0.15, 0.2) is 17.5 Å². The molecule has 0 atom stereocenters. The van der Waals surface area contributed by atoms with Crippen molar-refractivity contribution in [2.75, 3.05) is 0 Å². The van der Waals surface area contributed by atoms with Gasteiger partial charge in [-0.1, -0.05) is 170 Å². The van der Waals surface area contributed by atoms with Crippen LogP contribution in [0.5, 0.6) is 0 Å². The molecule has 364 valence electrons. The number of rotatable bonds is 9. The summed E-state index contributed by atoms with van der Waals surface area (Å²) in [5.74, 6) is 1.72. The molecule has 0 N–H and O–H groups in total. The van der Waals surface area contributed by atoms with E-state index in [1.165, 1.54) is 43.7 Å². The number of fused-ring (bicyclic) bond motifs is 10. The third kappa shape index (κ3) is 7.08. The highest BCUT2D eigenvalue weighted by molar-refractivity contribution is 6.10. The first-order valence-corrected chi connectivity index (χ1v) is 26.4. The van der Waals surface area contributed by atoms with Crippen LogP contribution in [0.15, 0.2) is 237 Å². The number of aryl methyl sites for hydroxylation is 1. The van der Waals surface area contributed by atoms with Crippen molar-refractivity contribution in [1.29, 1.82) is 0 Å². The fourth-order valence-electron chi connectivity index (χ4n) is 12.3. The zero-order valence-corrected chi connectivity index (χ0v) is 42.3. The van der Waals surface area contributed by atoms with E-state index in [2.05, 4.69) is 244 Å². The summed E-state index contributed by atoms with van der Waals surface area (Å²) in [7, 11) is 0. The van der Waals surface area contributed by atoms with Gasteiger partial charge in [-0.3, -0.25) is 0 Å². The van der Waals surface area contributed by atoms with Gasteiger partial charge in [0, 0.05) is 88.7 Å². The maximum Gasteiger partial charge on any atom is 0.164 e. The Hall–Kier alpha value is -10.1. The molecule has 77 heavy (non-hydrogen) atoms. The Kier molecular flexibility index (Phi) is 10.3. The van der Waals surface area contributed by atoms with Gasteiger partial charge >= 0.3 is 0 Å². The Labute approximate surface area is 444 Å². The number of aromatic nitrogens is 7. The number of para-hydroxylation sites is 6. The predicted molar refractivity (Wildman–Crippen MR) is 320 cm³/mol. The number of hydrogen-bond acceptors (Lipinski definition) is 3. The van der Waals surface area contributed by atoms with Crippen LogP contribution in [-0.2, 0) is 6.42 Å². The molecule has 0 radical (unpaired) electrons. The van der Waals surface area contributed by atoms with Crippen LogP contribution >= 0.6 is 0 Å². The van der Waals surface area contributed by atoms with Gasteiger partial charge < -0.3 is 18.3 Å². The van der Waals surface area contributed by atoms with Crippen molar-refractivity contribution in [3.63, 3.8) is 0 Å². The first kappa shape index (κ1) is 44.4. The summed E-state index contributed by atoms with van der Waals surface area (Å²) >= 11 is 0. The highest BCUT2D eigenvalue weighted by Crippen LogP contribution is 2.41. The molecular weight excluding hydrogens is 939 g/mol. The van der Waals surface area contributed by atoms with Gasteiger partial charge in [0.1, 0.15) is 0 Å². The summed E-state index contributed by atoms with van der Waals surface area (Å²) in [5, 5.41) is 7.21. The van der Waals surface area contributed by atoms with Gasteiger partial charge in [-0.2, -0.15) is 0 Å². The molecule has 0 aliphatic heterocycles. The molecule has 7 heteroatoms. The molecule has 9 aromatic carbocycles. The summed E-state index contributed by atoms with van der Waals surface area (Å²) in [5.41, 5.74) is 18.2. The number of benzene rings is 9. The molecule has 5 aromatic heterocycles. The second-order valence-corrected chi connectivity index (χ2v) is 20.0. The van der Waals surface area contributed by atoms with E-state index in [0.29, 0.717) is 17.5 Å². The van der Waals surface area contributed by atoms with Gasteiger partial charge in [0.2, 0.25) is 0 Å². The largest absolute Gasteiger partial charge is 0.313 e. The van der Waals surface area contributed by atoms with Gasteiger partial charge in [-0.25, -0.2) is 15.0 Å². The maximum absolute atomic E-state index is 5.64. The van der Waals surface area contributed by atoms with E-state index in [1.54, 1.807) is 0 Å². The average Bonchev–Trinajstić information content (AvgIpc) is 4.27. The molecule has 14 aromatic rings. The first-order valence-electron chi connectivity index (χ1n) is 26.4. The van der Waals surface area contributed by atoms with E-state index in [1.807, 2.05) is 30.4 Å². The fraction of sp³-hybridized carbons (Fsp3) is 0.0429. The van der Waals surface area contributed by atoms with Gasteiger partial charge in [0.25, 0.3) is 0 Å². The molecule has 1 aliphatic carbocycles. The lowest BCUT2D eigenvalue weighted by Gasteiger charge is -2.18. The lowest BCUT2D eigenvalue weighted by molar-refractivity contribution is 0.966. The predicted octanol–water partition coefficient (Wildman–Crippen LogP) is 17.4. The quantitative estimate of drug-likeness (QED) is 0.135. The van der Waals surface area contributed by atoms with Crippen molar-refractivity contribution in [2.24, 2.45) is 0 Å². The van der Waals surface area contributed by atoms with Crippen LogP contribution in [0, 0.1) is 6.92 Å². The molecule has 7 nitrogen and oxygen atoms in total. The Morgan fingerprint density at radius 2 is 0.792 bits per heavy atom. The van der Waals surface area contributed by atoms with Crippen LogP contribution in [0.3, 0.4) is 0 Å². The zero-order chi connectivity index (χ0) is 51.1. The Bertz CT molecular complexity index is 4680. The Balaban J connectivity index is 1.03. The van der Waals surface area contributed by atoms with Crippen molar-refractivity contribution in [3.05, 3.63) is 260 Å². The van der Waals surface area contributed by atoms with E-state index in [0.717, 1.165) is 96.5 Å². The third-order valence-electron chi connectivity index (χ3n) is 15.6. The fourth-order valence-corrected chi connectivity index (χ4v) is 12.3. The molecule has 0 saturated heterocycles. The minimum absolute atomic E-state index is 0.564. The average molecular weight is 988 g/mol. The Morgan fingerprint density at radius 3 is 1.29 bits per heavy atom. The molecule has 0 amide bonds. The molecule has 0 fully saturated rings. The number of nitrogens with zero attached hydrogens (tertiary/aromatic N) is 7. The Morgan fingerprint density at radius 1 is 0.403 bits per heavy atom. The standard InChI is InChI=1S/C70H49N7/c1-3-4-24-53-45(2)74(61-32-15-8-25-54(53)61)49-39-47(40-50(43-49)75-62-33-16-9-26-55(62)56-27-10-17-34-63(56)75)69-71-68(46-22-6-5-7-23-46)72-70(73-69)48-41-51(76-64-35-18-11-28-57(64)58-29-12-19-36-65(58)76)44-52(42-48)77-66-37-20-13-30-59(66)60-31-14-21-38-67(60)77/h3-13,15-30,32-44H,1,14,31H2,2H3/b24-4-. The van der Waals surface area contributed by atoms with Crippen LogP contribution in [0.2, 0.25) is 0 Å². The van der Waals surface area contributed by atoms with Crippen LogP contribution < -0.4 is 0 Å². The molecule has 0 bridgehead atoms. The summed E-state index contributed by atoms with van der Waals surface area (Å²) < 4.78 is 9.59. The van der Waals surface area contributed by atoms with Gasteiger partial charge in [-0.15, -0.1) is 0 Å². The van der Waals surface area contributed by atoms with Crippen molar-refractivity contribution in [1.82, 2.24) is 33.2 Å². The van der Waals surface area contributed by atoms with Gasteiger partial charge in [-0.05, 0) is 104 Å². The van der Waals surface area contributed by atoms with E-state index >= 15 is 0 Å². The maximum atomic E-state index is 5.64. The normalized spacial score (nSPS) is 12.6. The summed E-state index contributed by atoms with van der Waals surface area (Å²) in [4.78, 5) is 16.5. The molecule has 0 spiro atoms. The third-order valence-corrected chi connectivity index (χ3v) is 15.6.